The lowest BCUT2D eigenvalue weighted by Crippen LogP contribution is -2.57. The van der Waals surface area contributed by atoms with E-state index in [9.17, 15) is 18.0 Å². The number of ether oxygens (including phenoxy) is 1. The van der Waals surface area contributed by atoms with Crippen molar-refractivity contribution in [3.05, 3.63) is 63.9 Å². The van der Waals surface area contributed by atoms with Gasteiger partial charge in [0, 0.05) is 17.4 Å². The summed E-state index contributed by atoms with van der Waals surface area (Å²) in [6, 6.07) is 12.5. The molecule has 164 valence electrons. The molecule has 1 aliphatic carbocycles. The van der Waals surface area contributed by atoms with Crippen molar-refractivity contribution in [3.8, 4) is 11.3 Å². The zero-order valence-electron chi connectivity index (χ0n) is 17.5. The number of fused-ring (bicyclic) bond motifs is 7. The molecule has 2 aromatic carbocycles. The van der Waals surface area contributed by atoms with Crippen molar-refractivity contribution in [2.45, 2.75) is 17.5 Å². The van der Waals surface area contributed by atoms with E-state index in [2.05, 4.69) is 4.98 Å². The number of esters is 1. The summed E-state index contributed by atoms with van der Waals surface area (Å²) < 4.78 is 32.4. The van der Waals surface area contributed by atoms with E-state index in [-0.39, 0.29) is 14.3 Å². The second-order valence-electron chi connectivity index (χ2n) is 8.66. The first-order valence-electron chi connectivity index (χ1n) is 10.6. The normalized spacial score (nSPS) is 25.7. The van der Waals surface area contributed by atoms with Crippen LogP contribution in [0.3, 0.4) is 0 Å². The molecule has 6 rings (SSSR count). The van der Waals surface area contributed by atoms with Gasteiger partial charge in [0.1, 0.15) is 18.0 Å². The van der Waals surface area contributed by atoms with Gasteiger partial charge in [-0.2, -0.15) is 12.3 Å². The maximum Gasteiger partial charge on any atom is 0.382 e. The predicted octanol–water partition coefficient (Wildman–Crippen LogP) is 1.43. The van der Waals surface area contributed by atoms with E-state index >= 15 is 0 Å². The number of aromatic amines is 1. The van der Waals surface area contributed by atoms with Crippen LogP contribution in [-0.4, -0.2) is 67.6 Å². The second-order valence-corrected chi connectivity index (χ2v) is 10.8. The predicted molar refractivity (Wildman–Crippen MR) is 117 cm³/mol. The SMILES string of the molecule is COC(=O)C1N2CC[N+]1(S(=O)(=O)c1ccc3c(c1)Cc1c-3[nH]c(=O)c3ccccc13)CC2. The Hall–Kier alpha value is -3.01. The number of rotatable bonds is 3. The summed E-state index contributed by atoms with van der Waals surface area (Å²) >= 11 is 0. The quantitative estimate of drug-likeness (QED) is 0.373. The van der Waals surface area contributed by atoms with E-state index < -0.39 is 22.2 Å². The lowest BCUT2D eigenvalue weighted by Gasteiger charge is -2.32. The number of hydrogen-bond donors (Lipinski definition) is 1. The first-order chi connectivity index (χ1) is 15.4. The fourth-order valence-electron chi connectivity index (χ4n) is 5.69. The molecule has 2 aliphatic heterocycles. The second kappa shape index (κ2) is 6.50. The largest absolute Gasteiger partial charge is 0.463 e. The number of methoxy groups -OCH3 is 1. The summed E-state index contributed by atoms with van der Waals surface area (Å²) in [5, 5.41) is 1.51. The number of carbonyl (C=O) groups excluding carboxylic acids is 1. The number of quaternary nitrogens is 1. The number of benzene rings is 2. The van der Waals surface area contributed by atoms with Gasteiger partial charge >= 0.3 is 16.0 Å². The number of pyridine rings is 1. The summed E-state index contributed by atoms with van der Waals surface area (Å²) in [5.74, 6) is -0.513. The van der Waals surface area contributed by atoms with Crippen LogP contribution in [0.25, 0.3) is 22.0 Å². The molecule has 2 bridgehead atoms. The Balaban J connectivity index is 1.47. The highest BCUT2D eigenvalue weighted by Gasteiger charge is 2.64. The third kappa shape index (κ3) is 2.35. The molecule has 1 N–H and O–H groups in total. The van der Waals surface area contributed by atoms with Gasteiger partial charge in [0.25, 0.3) is 11.7 Å². The molecule has 3 aromatic rings. The van der Waals surface area contributed by atoms with Gasteiger partial charge in [-0.15, -0.1) is 0 Å². The van der Waals surface area contributed by atoms with Crippen LogP contribution in [0.15, 0.2) is 52.2 Å². The minimum Gasteiger partial charge on any atom is -0.463 e. The van der Waals surface area contributed by atoms with E-state index in [1.54, 1.807) is 24.3 Å². The molecule has 0 radical (unpaired) electrons. The Bertz CT molecular complexity index is 1470. The van der Waals surface area contributed by atoms with Crippen LogP contribution in [0.1, 0.15) is 11.1 Å². The minimum absolute atomic E-state index is 0.155. The fourth-order valence-corrected chi connectivity index (χ4v) is 7.77. The number of H-pyrrole nitrogens is 1. The average molecular weight is 453 g/mol. The van der Waals surface area contributed by atoms with Crippen molar-refractivity contribution in [1.29, 1.82) is 0 Å². The monoisotopic (exact) mass is 452 g/mol. The molecular weight excluding hydrogens is 430 g/mol. The van der Waals surface area contributed by atoms with Crippen LogP contribution in [-0.2, 0) is 26.0 Å². The third-order valence-corrected chi connectivity index (χ3v) is 9.63. The number of hydrogen-bond acceptors (Lipinski definition) is 6. The van der Waals surface area contributed by atoms with Crippen molar-refractivity contribution in [1.82, 2.24) is 9.88 Å². The molecule has 0 spiro atoms. The van der Waals surface area contributed by atoms with Gasteiger partial charge in [-0.3, -0.25) is 4.79 Å². The standard InChI is InChI=1S/C23H21N3O5S/c1-31-23(28)22-25-8-10-26(22,11-9-25)32(29,30)15-6-7-16-14(12-15)13-19-17-4-2-3-5-18(17)21(27)24-20(16)19/h2-7,12,22H,8-11,13H2,1H3/p+1. The molecule has 1 aromatic heterocycles. The molecule has 1 unspecified atom stereocenters. The Labute approximate surface area is 184 Å². The minimum atomic E-state index is -3.85. The summed E-state index contributed by atoms with van der Waals surface area (Å²) in [7, 11) is -2.55. The van der Waals surface area contributed by atoms with Crippen LogP contribution >= 0.6 is 0 Å². The first kappa shape index (κ1) is 19.7. The molecule has 0 amide bonds. The molecule has 3 heterocycles. The number of nitrogens with one attached hydrogen (secondary N) is 1. The van der Waals surface area contributed by atoms with Crippen molar-refractivity contribution in [3.63, 3.8) is 0 Å². The van der Waals surface area contributed by atoms with E-state index in [1.165, 1.54) is 7.11 Å². The van der Waals surface area contributed by atoms with Gasteiger partial charge < -0.3 is 9.72 Å². The van der Waals surface area contributed by atoms with Crippen molar-refractivity contribution in [2.24, 2.45) is 0 Å². The van der Waals surface area contributed by atoms with Gasteiger partial charge in [0.15, 0.2) is 0 Å². The zero-order valence-corrected chi connectivity index (χ0v) is 18.3. The number of carbonyl (C=O) groups is 1. The molecule has 2 fully saturated rings. The van der Waals surface area contributed by atoms with Crippen LogP contribution in [0.5, 0.6) is 0 Å². The van der Waals surface area contributed by atoms with Crippen LogP contribution in [0, 0.1) is 0 Å². The number of nitrogens with zero attached hydrogens (tertiary/aromatic N) is 2. The van der Waals surface area contributed by atoms with E-state index in [4.69, 9.17) is 4.74 Å². The molecule has 1 atom stereocenters. The molecular formula is C23H22N3O5S+. The van der Waals surface area contributed by atoms with Crippen molar-refractivity contribution in [2.75, 3.05) is 33.3 Å². The van der Waals surface area contributed by atoms with Gasteiger partial charge in [-0.25, -0.2) is 9.69 Å². The molecule has 0 saturated carbocycles. The molecule has 32 heavy (non-hydrogen) atoms. The molecule has 9 heteroatoms. The highest BCUT2D eigenvalue weighted by atomic mass is 32.2. The lowest BCUT2D eigenvalue weighted by molar-refractivity contribution is -0.800. The summed E-state index contributed by atoms with van der Waals surface area (Å²) in [6.45, 7) is 1.81. The maximum atomic E-state index is 13.9. The Morgan fingerprint density at radius 1 is 1.12 bits per heavy atom. The lowest BCUT2D eigenvalue weighted by atomic mass is 10.0. The maximum absolute atomic E-state index is 13.9. The van der Waals surface area contributed by atoms with E-state index in [0.29, 0.717) is 38.0 Å². The number of piperazine rings is 1. The Kier molecular flexibility index (Phi) is 4.00. The topological polar surface area (TPSA) is 96.5 Å². The summed E-state index contributed by atoms with van der Waals surface area (Å²) in [6.07, 6.45) is -0.284. The number of sulfonamides is 1. The van der Waals surface area contributed by atoms with Crippen LogP contribution in [0.4, 0.5) is 0 Å². The van der Waals surface area contributed by atoms with Crippen molar-refractivity contribution < 1.29 is 21.8 Å². The smallest absolute Gasteiger partial charge is 0.382 e. The van der Waals surface area contributed by atoms with Gasteiger partial charge in [0.2, 0.25) is 0 Å². The van der Waals surface area contributed by atoms with Crippen molar-refractivity contribution >= 4 is 26.8 Å². The van der Waals surface area contributed by atoms with Gasteiger partial charge in [-0.05, 0) is 34.7 Å². The Morgan fingerprint density at radius 2 is 1.84 bits per heavy atom. The van der Waals surface area contributed by atoms with Gasteiger partial charge in [-0.1, -0.05) is 24.3 Å². The molecule has 2 saturated heterocycles. The van der Waals surface area contributed by atoms with E-state index in [1.807, 2.05) is 23.1 Å². The Morgan fingerprint density at radius 3 is 2.56 bits per heavy atom. The first-order valence-corrected chi connectivity index (χ1v) is 12.0. The van der Waals surface area contributed by atoms with Gasteiger partial charge in [0.05, 0.1) is 25.9 Å². The molecule has 8 nitrogen and oxygen atoms in total. The van der Waals surface area contributed by atoms with Crippen LogP contribution < -0.4 is 5.56 Å². The average Bonchev–Trinajstić information content (AvgIpc) is 3.49. The third-order valence-electron chi connectivity index (χ3n) is 7.26. The highest BCUT2D eigenvalue weighted by Crippen LogP contribution is 2.42. The fraction of sp³-hybridized carbons (Fsp3) is 0.304. The summed E-state index contributed by atoms with van der Waals surface area (Å²) in [4.78, 5) is 30.1. The summed E-state index contributed by atoms with van der Waals surface area (Å²) in [5.41, 5.74) is 3.29. The van der Waals surface area contributed by atoms with Crippen LogP contribution in [0.2, 0.25) is 0 Å². The zero-order chi connectivity index (χ0) is 22.3. The number of aromatic nitrogens is 1. The van der Waals surface area contributed by atoms with E-state index in [0.717, 1.165) is 27.8 Å². The highest BCUT2D eigenvalue weighted by molar-refractivity contribution is 7.86. The molecule has 3 aliphatic rings.